The van der Waals surface area contributed by atoms with Crippen molar-refractivity contribution in [1.29, 1.82) is 0 Å². The standard InChI is InChI=1S/C21H27N7O4/c1-13-8-14(2)28(27-13)19-11-18(24-12-25-19)22-6-7-23-21(29)26-15-9-16(30-3)20(32-5)17(10-15)31-4/h8-12H,6-7H2,1-5H3,(H,22,24,25)(H2,23,26,29). The van der Waals surface area contributed by atoms with Gasteiger partial charge in [0.05, 0.1) is 32.7 Å². The van der Waals surface area contributed by atoms with E-state index in [2.05, 4.69) is 31.0 Å². The Morgan fingerprint density at radius 1 is 0.969 bits per heavy atom. The molecule has 2 heterocycles. The van der Waals surface area contributed by atoms with Crippen LogP contribution >= 0.6 is 0 Å². The van der Waals surface area contributed by atoms with E-state index in [1.54, 1.807) is 22.9 Å². The first kappa shape index (κ1) is 22.7. The van der Waals surface area contributed by atoms with Gasteiger partial charge in [0.1, 0.15) is 12.1 Å². The summed E-state index contributed by atoms with van der Waals surface area (Å²) in [6.45, 7) is 4.73. The lowest BCUT2D eigenvalue weighted by Gasteiger charge is -2.15. The van der Waals surface area contributed by atoms with E-state index in [4.69, 9.17) is 14.2 Å². The summed E-state index contributed by atoms with van der Waals surface area (Å²) >= 11 is 0. The molecule has 0 unspecified atom stereocenters. The fourth-order valence-corrected chi connectivity index (χ4v) is 3.12. The number of aryl methyl sites for hydroxylation is 2. The van der Waals surface area contributed by atoms with Crippen LogP contribution in [0.3, 0.4) is 0 Å². The molecule has 0 saturated carbocycles. The van der Waals surface area contributed by atoms with Gasteiger partial charge in [-0.3, -0.25) is 0 Å². The summed E-state index contributed by atoms with van der Waals surface area (Å²) in [6.07, 6.45) is 1.47. The molecule has 0 spiro atoms. The van der Waals surface area contributed by atoms with Gasteiger partial charge in [-0.15, -0.1) is 0 Å². The molecular weight excluding hydrogens is 414 g/mol. The van der Waals surface area contributed by atoms with E-state index in [-0.39, 0.29) is 6.03 Å². The van der Waals surface area contributed by atoms with Crippen molar-refractivity contribution >= 4 is 17.5 Å². The molecule has 0 atom stereocenters. The number of methoxy groups -OCH3 is 3. The summed E-state index contributed by atoms with van der Waals surface area (Å²) < 4.78 is 17.6. The second kappa shape index (κ2) is 10.3. The number of carbonyl (C=O) groups excluding carboxylic acids is 1. The predicted octanol–water partition coefficient (Wildman–Crippen LogP) is 2.54. The first-order chi connectivity index (χ1) is 15.4. The lowest BCUT2D eigenvalue weighted by atomic mass is 10.2. The number of aromatic nitrogens is 4. The van der Waals surface area contributed by atoms with Crippen LogP contribution in [0.25, 0.3) is 5.82 Å². The highest BCUT2D eigenvalue weighted by molar-refractivity contribution is 5.90. The van der Waals surface area contributed by atoms with Crippen molar-refractivity contribution in [2.45, 2.75) is 13.8 Å². The van der Waals surface area contributed by atoms with E-state index < -0.39 is 0 Å². The molecule has 1 aromatic carbocycles. The van der Waals surface area contributed by atoms with Gasteiger partial charge in [0.25, 0.3) is 0 Å². The lowest BCUT2D eigenvalue weighted by molar-refractivity contribution is 0.252. The second-order valence-corrected chi connectivity index (χ2v) is 6.82. The van der Waals surface area contributed by atoms with Crippen molar-refractivity contribution in [3.05, 3.63) is 42.0 Å². The van der Waals surface area contributed by atoms with Gasteiger partial charge in [-0.2, -0.15) is 5.10 Å². The maximum atomic E-state index is 12.3. The van der Waals surface area contributed by atoms with Crippen LogP contribution in [0.5, 0.6) is 17.2 Å². The Morgan fingerprint density at radius 2 is 1.69 bits per heavy atom. The van der Waals surface area contributed by atoms with Crippen LogP contribution in [0.15, 0.2) is 30.6 Å². The van der Waals surface area contributed by atoms with E-state index in [1.807, 2.05) is 19.9 Å². The summed E-state index contributed by atoms with van der Waals surface area (Å²) in [5.41, 5.74) is 2.41. The van der Waals surface area contributed by atoms with E-state index in [0.29, 0.717) is 47.7 Å². The highest BCUT2D eigenvalue weighted by atomic mass is 16.5. The molecule has 3 rings (SSSR count). The Labute approximate surface area is 186 Å². The van der Waals surface area contributed by atoms with Crippen molar-refractivity contribution in [1.82, 2.24) is 25.1 Å². The summed E-state index contributed by atoms with van der Waals surface area (Å²) in [5.74, 6) is 2.66. The second-order valence-electron chi connectivity index (χ2n) is 6.82. The highest BCUT2D eigenvalue weighted by Crippen LogP contribution is 2.39. The van der Waals surface area contributed by atoms with Crippen LogP contribution in [-0.2, 0) is 0 Å². The third kappa shape index (κ3) is 5.36. The number of ether oxygens (including phenoxy) is 3. The number of hydrogen-bond acceptors (Lipinski definition) is 8. The molecule has 0 saturated heterocycles. The summed E-state index contributed by atoms with van der Waals surface area (Å²) in [7, 11) is 4.55. The van der Waals surface area contributed by atoms with Gasteiger partial charge in [0.2, 0.25) is 5.75 Å². The Balaban J connectivity index is 1.53. The molecule has 11 nitrogen and oxygen atoms in total. The number of hydrogen-bond donors (Lipinski definition) is 3. The Morgan fingerprint density at radius 3 is 2.28 bits per heavy atom. The van der Waals surface area contributed by atoms with E-state index in [1.165, 1.54) is 27.7 Å². The molecule has 0 bridgehead atoms. The van der Waals surface area contributed by atoms with Crippen LogP contribution in [0, 0.1) is 13.8 Å². The highest BCUT2D eigenvalue weighted by Gasteiger charge is 2.14. The monoisotopic (exact) mass is 441 g/mol. The largest absolute Gasteiger partial charge is 0.493 e. The number of anilines is 2. The topological polar surface area (TPSA) is 124 Å². The van der Waals surface area contributed by atoms with Crippen molar-refractivity contribution < 1.29 is 19.0 Å². The fraction of sp³-hybridized carbons (Fsp3) is 0.333. The maximum Gasteiger partial charge on any atom is 0.319 e. The number of benzene rings is 1. The van der Waals surface area contributed by atoms with Gasteiger partial charge in [-0.1, -0.05) is 0 Å². The minimum absolute atomic E-state index is 0.368. The summed E-state index contributed by atoms with van der Waals surface area (Å²) in [4.78, 5) is 20.7. The number of rotatable bonds is 9. The molecule has 0 aliphatic rings. The molecule has 0 radical (unpaired) electrons. The van der Waals surface area contributed by atoms with Gasteiger partial charge in [0, 0.05) is 37.0 Å². The third-order valence-electron chi connectivity index (χ3n) is 4.52. The van der Waals surface area contributed by atoms with E-state index >= 15 is 0 Å². The van der Waals surface area contributed by atoms with Crippen LogP contribution in [0.2, 0.25) is 0 Å². The van der Waals surface area contributed by atoms with Crippen molar-refractivity contribution in [2.75, 3.05) is 45.1 Å². The molecule has 0 fully saturated rings. The Hall–Kier alpha value is -4.02. The van der Waals surface area contributed by atoms with Gasteiger partial charge in [-0.05, 0) is 19.9 Å². The average Bonchev–Trinajstić information content (AvgIpc) is 3.14. The van der Waals surface area contributed by atoms with Gasteiger partial charge in [0.15, 0.2) is 17.3 Å². The van der Waals surface area contributed by atoms with Crippen molar-refractivity contribution in [3.63, 3.8) is 0 Å². The lowest BCUT2D eigenvalue weighted by Crippen LogP contribution is -2.32. The summed E-state index contributed by atoms with van der Waals surface area (Å²) in [6, 6.07) is 6.72. The van der Waals surface area contributed by atoms with Crippen molar-refractivity contribution in [3.8, 4) is 23.1 Å². The minimum atomic E-state index is -0.368. The number of carbonyl (C=O) groups is 1. The molecule has 3 aromatic rings. The van der Waals surface area contributed by atoms with Gasteiger partial charge < -0.3 is 30.2 Å². The molecule has 11 heteroatoms. The van der Waals surface area contributed by atoms with Crippen LogP contribution in [0.4, 0.5) is 16.3 Å². The minimum Gasteiger partial charge on any atom is -0.493 e. The molecule has 2 amide bonds. The zero-order chi connectivity index (χ0) is 23.1. The predicted molar refractivity (Wildman–Crippen MR) is 120 cm³/mol. The zero-order valence-corrected chi connectivity index (χ0v) is 18.7. The van der Waals surface area contributed by atoms with Crippen LogP contribution < -0.4 is 30.2 Å². The zero-order valence-electron chi connectivity index (χ0n) is 18.7. The number of urea groups is 1. The average molecular weight is 441 g/mol. The first-order valence-electron chi connectivity index (χ1n) is 9.89. The molecular formula is C21H27N7O4. The quantitative estimate of drug-likeness (QED) is 0.433. The third-order valence-corrected chi connectivity index (χ3v) is 4.52. The maximum absolute atomic E-state index is 12.3. The Bertz CT molecular complexity index is 1060. The Kier molecular flexibility index (Phi) is 7.32. The molecule has 2 aromatic heterocycles. The molecule has 32 heavy (non-hydrogen) atoms. The van der Waals surface area contributed by atoms with E-state index in [9.17, 15) is 4.79 Å². The van der Waals surface area contributed by atoms with Crippen molar-refractivity contribution in [2.24, 2.45) is 0 Å². The van der Waals surface area contributed by atoms with E-state index in [0.717, 1.165) is 11.4 Å². The number of nitrogens with one attached hydrogen (secondary N) is 3. The normalized spacial score (nSPS) is 10.4. The molecule has 0 aliphatic carbocycles. The summed E-state index contributed by atoms with van der Waals surface area (Å²) in [5, 5.41) is 13.1. The molecule has 0 aliphatic heterocycles. The van der Waals surface area contributed by atoms with Gasteiger partial charge in [-0.25, -0.2) is 19.4 Å². The number of amides is 2. The molecule has 3 N–H and O–H groups in total. The smallest absolute Gasteiger partial charge is 0.319 e. The van der Waals surface area contributed by atoms with Crippen LogP contribution in [0.1, 0.15) is 11.4 Å². The van der Waals surface area contributed by atoms with Gasteiger partial charge >= 0.3 is 6.03 Å². The fourth-order valence-electron chi connectivity index (χ4n) is 3.12. The number of nitrogens with zero attached hydrogens (tertiary/aromatic N) is 4. The first-order valence-corrected chi connectivity index (χ1v) is 9.89. The molecule has 170 valence electrons. The SMILES string of the molecule is COc1cc(NC(=O)NCCNc2cc(-n3nc(C)cc3C)ncn2)cc(OC)c1OC. The van der Waals surface area contributed by atoms with Crippen LogP contribution in [-0.4, -0.2) is 60.2 Å².